The maximum absolute atomic E-state index is 9.86. The number of hydrogen-bond acceptors (Lipinski definition) is 7. The van der Waals surface area contributed by atoms with Crippen LogP contribution in [-0.4, -0.2) is 46.5 Å². The second-order valence-corrected chi connectivity index (χ2v) is 8.27. The Morgan fingerprint density at radius 1 is 0.938 bits per heavy atom. The van der Waals surface area contributed by atoms with Crippen molar-refractivity contribution in [3.8, 4) is 16.9 Å². The third-order valence-electron chi connectivity index (χ3n) is 5.65. The van der Waals surface area contributed by atoms with Crippen LogP contribution in [0.1, 0.15) is 5.56 Å². The lowest BCUT2D eigenvalue weighted by atomic mass is 9.99. The van der Waals surface area contributed by atoms with Crippen molar-refractivity contribution >= 4 is 40.0 Å². The molecule has 0 bridgehead atoms. The highest BCUT2D eigenvalue weighted by Gasteiger charge is 2.13. The number of phenolic OH excluding ortho intramolecular Hbond substituents is 1. The van der Waals surface area contributed by atoms with E-state index in [2.05, 4.69) is 42.8 Å². The molecule has 3 N–H and O–H groups in total. The van der Waals surface area contributed by atoms with Crippen LogP contribution in [-0.2, 0) is 0 Å². The summed E-state index contributed by atoms with van der Waals surface area (Å²) in [5.41, 5.74) is 6.13. The smallest absolute Gasteiger partial charge is 0.247 e. The molecule has 2 heterocycles. The Kier molecular flexibility index (Phi) is 5.51. The molecule has 5 rings (SSSR count). The zero-order chi connectivity index (χ0) is 22.1. The van der Waals surface area contributed by atoms with Crippen LogP contribution >= 0.6 is 11.6 Å². The molecular weight excluding hydrogens is 424 g/mol. The first-order valence-electron chi connectivity index (χ1n) is 10.5. The molecule has 8 heteroatoms. The summed E-state index contributed by atoms with van der Waals surface area (Å²) in [6, 6.07) is 17.0. The van der Waals surface area contributed by atoms with Gasteiger partial charge in [0.05, 0.1) is 5.52 Å². The number of hydrogen-bond donors (Lipinski definition) is 3. The second kappa shape index (κ2) is 8.61. The quantitative estimate of drug-likeness (QED) is 0.425. The third-order valence-corrected chi connectivity index (χ3v) is 5.98. The number of anilines is 3. The summed E-state index contributed by atoms with van der Waals surface area (Å²) >= 11 is 6.35. The van der Waals surface area contributed by atoms with Gasteiger partial charge >= 0.3 is 0 Å². The van der Waals surface area contributed by atoms with Gasteiger partial charge in [-0.2, -0.15) is 0 Å². The molecule has 1 saturated heterocycles. The maximum Gasteiger partial charge on any atom is 0.247 e. The van der Waals surface area contributed by atoms with Crippen LogP contribution in [0, 0.1) is 6.92 Å². The summed E-state index contributed by atoms with van der Waals surface area (Å²) < 4.78 is 0. The molecule has 1 fully saturated rings. The van der Waals surface area contributed by atoms with Gasteiger partial charge in [0.2, 0.25) is 5.95 Å². The summed E-state index contributed by atoms with van der Waals surface area (Å²) in [5, 5.41) is 25.6. The molecule has 162 valence electrons. The van der Waals surface area contributed by atoms with Crippen LogP contribution in [0.25, 0.3) is 22.2 Å². The van der Waals surface area contributed by atoms with Crippen molar-refractivity contribution in [2.75, 3.05) is 36.4 Å². The van der Waals surface area contributed by atoms with Crippen molar-refractivity contribution in [2.24, 2.45) is 0 Å². The van der Waals surface area contributed by atoms with Gasteiger partial charge in [-0.05, 0) is 72.6 Å². The number of phenols is 1. The number of aromatic hydroxyl groups is 1. The Balaban J connectivity index is 1.39. The fourth-order valence-corrected chi connectivity index (χ4v) is 4.18. The number of halogens is 1. The predicted octanol–water partition coefficient (Wildman–Crippen LogP) is 4.51. The number of benzene rings is 3. The van der Waals surface area contributed by atoms with Crippen LogP contribution in [0.15, 0.2) is 54.6 Å². The minimum absolute atomic E-state index is 0.163. The molecule has 0 saturated carbocycles. The fourth-order valence-electron chi connectivity index (χ4n) is 3.96. The highest BCUT2D eigenvalue weighted by atomic mass is 35.5. The molecule has 4 aromatic rings. The van der Waals surface area contributed by atoms with Gasteiger partial charge in [-0.1, -0.05) is 11.6 Å². The van der Waals surface area contributed by atoms with E-state index in [0.717, 1.165) is 54.1 Å². The van der Waals surface area contributed by atoms with Crippen LogP contribution in [0.3, 0.4) is 0 Å². The van der Waals surface area contributed by atoms with E-state index in [0.29, 0.717) is 16.5 Å². The summed E-state index contributed by atoms with van der Waals surface area (Å²) in [6.45, 7) is 6.03. The summed E-state index contributed by atoms with van der Waals surface area (Å²) in [5.74, 6) is 0.602. The number of aromatic nitrogens is 3. The topological polar surface area (TPSA) is 86.2 Å². The van der Waals surface area contributed by atoms with E-state index in [1.807, 2.05) is 31.2 Å². The number of nitrogens with zero attached hydrogens (tertiary/aromatic N) is 4. The van der Waals surface area contributed by atoms with Crippen LogP contribution in [0.4, 0.5) is 17.3 Å². The maximum atomic E-state index is 9.86. The SMILES string of the molecule is Cc1cc2nc(Nc3ccc(N4CCNCC4)cc3)nnc2cc1-c1cc(O)ccc1Cl. The summed E-state index contributed by atoms with van der Waals surface area (Å²) in [7, 11) is 0. The Morgan fingerprint density at radius 3 is 2.50 bits per heavy atom. The van der Waals surface area contributed by atoms with Gasteiger partial charge in [0.1, 0.15) is 11.3 Å². The number of rotatable bonds is 4. The monoisotopic (exact) mass is 446 g/mol. The Bertz CT molecular complexity index is 1270. The molecule has 0 atom stereocenters. The summed E-state index contributed by atoms with van der Waals surface area (Å²) in [6.07, 6.45) is 0. The van der Waals surface area contributed by atoms with Crippen molar-refractivity contribution in [1.29, 1.82) is 0 Å². The van der Waals surface area contributed by atoms with Gasteiger partial charge in [0.15, 0.2) is 0 Å². The van der Waals surface area contributed by atoms with Gasteiger partial charge in [-0.15, -0.1) is 10.2 Å². The van der Waals surface area contributed by atoms with Gasteiger partial charge in [0.25, 0.3) is 0 Å². The average molecular weight is 447 g/mol. The van der Waals surface area contributed by atoms with Gasteiger partial charge in [-0.3, -0.25) is 0 Å². The number of fused-ring (bicyclic) bond motifs is 1. The molecule has 1 aliphatic rings. The molecule has 0 spiro atoms. The Labute approximate surface area is 191 Å². The number of piperazine rings is 1. The molecule has 1 aliphatic heterocycles. The standard InChI is InChI=1S/C24H23ClN6O/c1-15-12-22-23(14-19(15)20-13-18(32)6-7-21(20)25)29-30-24(28-22)27-16-2-4-17(5-3-16)31-10-8-26-9-11-31/h2-7,12-14,26,32H,8-11H2,1H3,(H,27,28,30). The van der Waals surface area contributed by atoms with Crippen molar-refractivity contribution in [2.45, 2.75) is 6.92 Å². The highest BCUT2D eigenvalue weighted by Crippen LogP contribution is 2.34. The van der Waals surface area contributed by atoms with Crippen molar-refractivity contribution in [3.05, 3.63) is 65.2 Å². The van der Waals surface area contributed by atoms with Gasteiger partial charge in [0, 0.05) is 48.1 Å². The summed E-state index contributed by atoms with van der Waals surface area (Å²) in [4.78, 5) is 7.00. The van der Waals surface area contributed by atoms with Crippen molar-refractivity contribution in [3.63, 3.8) is 0 Å². The van der Waals surface area contributed by atoms with E-state index >= 15 is 0 Å². The zero-order valence-electron chi connectivity index (χ0n) is 17.6. The molecule has 32 heavy (non-hydrogen) atoms. The molecule has 7 nitrogen and oxygen atoms in total. The molecule has 0 aliphatic carbocycles. The molecule has 0 unspecified atom stereocenters. The second-order valence-electron chi connectivity index (χ2n) is 7.86. The zero-order valence-corrected chi connectivity index (χ0v) is 18.4. The van der Waals surface area contributed by atoms with E-state index in [1.165, 1.54) is 5.69 Å². The lowest BCUT2D eigenvalue weighted by Gasteiger charge is -2.29. The van der Waals surface area contributed by atoms with E-state index in [9.17, 15) is 5.11 Å². The molecular formula is C24H23ClN6O. The fraction of sp³-hybridized carbons (Fsp3) is 0.208. The molecule has 0 amide bonds. The predicted molar refractivity (Wildman–Crippen MR) is 129 cm³/mol. The first-order valence-corrected chi connectivity index (χ1v) is 10.9. The first kappa shape index (κ1) is 20.5. The van der Waals surface area contributed by atoms with Gasteiger partial charge in [-0.25, -0.2) is 4.98 Å². The normalized spacial score (nSPS) is 14.0. The first-order chi connectivity index (χ1) is 15.6. The minimum Gasteiger partial charge on any atom is -0.508 e. The van der Waals surface area contributed by atoms with E-state index < -0.39 is 0 Å². The third kappa shape index (κ3) is 4.17. The van der Waals surface area contributed by atoms with Crippen LogP contribution in [0.2, 0.25) is 5.02 Å². The lowest BCUT2D eigenvalue weighted by molar-refractivity contribution is 0.475. The highest BCUT2D eigenvalue weighted by molar-refractivity contribution is 6.33. The Morgan fingerprint density at radius 2 is 1.72 bits per heavy atom. The van der Waals surface area contributed by atoms with E-state index in [-0.39, 0.29) is 5.75 Å². The molecule has 1 aromatic heterocycles. The van der Waals surface area contributed by atoms with Gasteiger partial charge < -0.3 is 20.6 Å². The van der Waals surface area contributed by atoms with Crippen molar-refractivity contribution < 1.29 is 5.11 Å². The minimum atomic E-state index is 0.163. The average Bonchev–Trinajstić information content (AvgIpc) is 2.81. The van der Waals surface area contributed by atoms with E-state index in [4.69, 9.17) is 11.6 Å². The number of nitrogens with one attached hydrogen (secondary N) is 2. The van der Waals surface area contributed by atoms with Crippen LogP contribution in [0.5, 0.6) is 5.75 Å². The Hall–Kier alpha value is -3.42. The van der Waals surface area contributed by atoms with Crippen molar-refractivity contribution in [1.82, 2.24) is 20.5 Å². The lowest BCUT2D eigenvalue weighted by Crippen LogP contribution is -2.43. The van der Waals surface area contributed by atoms with E-state index in [1.54, 1.807) is 18.2 Å². The molecule has 0 radical (unpaired) electrons. The molecule has 3 aromatic carbocycles. The largest absolute Gasteiger partial charge is 0.508 e. The van der Waals surface area contributed by atoms with Crippen LogP contribution < -0.4 is 15.5 Å². The number of aryl methyl sites for hydroxylation is 1.